The first-order valence-electron chi connectivity index (χ1n) is 6.95. The van der Waals surface area contributed by atoms with Crippen molar-refractivity contribution in [1.29, 1.82) is 0 Å². The maximum Gasteiger partial charge on any atom is 0.319 e. The Morgan fingerprint density at radius 2 is 1.87 bits per heavy atom. The number of carbonyl (C=O) groups excluding carboxylic acids is 2. The molecule has 0 aliphatic heterocycles. The largest absolute Gasteiger partial charge is 0.355 e. The lowest BCUT2D eigenvalue weighted by atomic mass is 10.1. The SMILES string of the molecule is CNC(=O)c1ccc(NC(=O)NCCS(=O)(=O)N(C)C)c(C)c1. The van der Waals surface area contributed by atoms with Crippen LogP contribution < -0.4 is 16.0 Å². The van der Waals surface area contributed by atoms with Gasteiger partial charge in [-0.2, -0.15) is 0 Å². The van der Waals surface area contributed by atoms with E-state index in [4.69, 9.17) is 0 Å². The predicted molar refractivity (Wildman–Crippen MR) is 89.1 cm³/mol. The van der Waals surface area contributed by atoms with E-state index >= 15 is 0 Å². The second-order valence-corrected chi connectivity index (χ2v) is 7.39. The van der Waals surface area contributed by atoms with Gasteiger partial charge in [-0.1, -0.05) is 0 Å². The molecule has 0 aromatic heterocycles. The van der Waals surface area contributed by atoms with Crippen molar-refractivity contribution < 1.29 is 18.0 Å². The lowest BCUT2D eigenvalue weighted by Crippen LogP contribution is -2.36. The molecule has 0 saturated heterocycles. The Labute approximate surface area is 136 Å². The van der Waals surface area contributed by atoms with Crippen LogP contribution in [0.4, 0.5) is 10.5 Å². The standard InChI is InChI=1S/C14H22N4O4S/c1-10-9-11(13(19)15-2)5-6-12(10)17-14(20)16-7-8-23(21,22)18(3)4/h5-6,9H,7-8H2,1-4H3,(H,15,19)(H2,16,17,20). The number of nitrogens with zero attached hydrogens (tertiary/aromatic N) is 1. The lowest BCUT2D eigenvalue weighted by Gasteiger charge is -2.13. The van der Waals surface area contributed by atoms with Crippen LogP contribution in [0.2, 0.25) is 0 Å². The second kappa shape index (κ2) is 7.93. The Balaban J connectivity index is 2.60. The van der Waals surface area contributed by atoms with Gasteiger partial charge in [0.25, 0.3) is 5.91 Å². The van der Waals surface area contributed by atoms with Gasteiger partial charge in [0.2, 0.25) is 10.0 Å². The maximum absolute atomic E-state index is 11.8. The zero-order chi connectivity index (χ0) is 17.6. The first kappa shape index (κ1) is 18.9. The molecule has 0 saturated carbocycles. The third-order valence-corrected chi connectivity index (χ3v) is 5.00. The highest BCUT2D eigenvalue weighted by atomic mass is 32.2. The number of hydrogen-bond acceptors (Lipinski definition) is 4. The van der Waals surface area contributed by atoms with Crippen LogP contribution in [0.5, 0.6) is 0 Å². The van der Waals surface area contributed by atoms with Gasteiger partial charge in [-0.25, -0.2) is 17.5 Å². The summed E-state index contributed by atoms with van der Waals surface area (Å²) >= 11 is 0. The molecule has 0 atom stereocenters. The van der Waals surface area contributed by atoms with Crippen LogP contribution in [0.3, 0.4) is 0 Å². The third kappa shape index (κ3) is 5.53. The Hall–Kier alpha value is -2.13. The summed E-state index contributed by atoms with van der Waals surface area (Å²) in [5.41, 5.74) is 1.76. The number of aryl methyl sites for hydroxylation is 1. The predicted octanol–water partition coefficient (Wildman–Crippen LogP) is 0.368. The number of amides is 3. The molecule has 0 heterocycles. The molecule has 3 N–H and O–H groups in total. The van der Waals surface area contributed by atoms with Crippen LogP contribution in [0.25, 0.3) is 0 Å². The quantitative estimate of drug-likeness (QED) is 0.694. The molecule has 1 rings (SSSR count). The van der Waals surface area contributed by atoms with Crippen LogP contribution >= 0.6 is 0 Å². The van der Waals surface area contributed by atoms with E-state index < -0.39 is 16.1 Å². The number of benzene rings is 1. The third-order valence-electron chi connectivity index (χ3n) is 3.17. The minimum absolute atomic E-state index is 0.00170. The summed E-state index contributed by atoms with van der Waals surface area (Å²) in [6.07, 6.45) is 0. The molecule has 1 aromatic carbocycles. The Kier molecular flexibility index (Phi) is 6.52. The summed E-state index contributed by atoms with van der Waals surface area (Å²) in [7, 11) is 1.07. The molecule has 23 heavy (non-hydrogen) atoms. The van der Waals surface area contributed by atoms with Gasteiger partial charge in [-0.05, 0) is 30.7 Å². The van der Waals surface area contributed by atoms with E-state index in [2.05, 4.69) is 16.0 Å². The summed E-state index contributed by atoms with van der Waals surface area (Å²) in [4.78, 5) is 23.3. The maximum atomic E-state index is 11.8. The fourth-order valence-electron chi connectivity index (χ4n) is 1.73. The minimum atomic E-state index is -3.35. The Morgan fingerprint density at radius 3 is 2.39 bits per heavy atom. The van der Waals surface area contributed by atoms with Gasteiger partial charge >= 0.3 is 6.03 Å². The van der Waals surface area contributed by atoms with Crippen molar-refractivity contribution in [3.63, 3.8) is 0 Å². The highest BCUT2D eigenvalue weighted by molar-refractivity contribution is 7.89. The lowest BCUT2D eigenvalue weighted by molar-refractivity contribution is 0.0963. The Morgan fingerprint density at radius 1 is 1.22 bits per heavy atom. The van der Waals surface area contributed by atoms with E-state index in [1.165, 1.54) is 14.1 Å². The van der Waals surface area contributed by atoms with Crippen molar-refractivity contribution in [3.8, 4) is 0 Å². The van der Waals surface area contributed by atoms with Gasteiger partial charge < -0.3 is 16.0 Å². The first-order valence-corrected chi connectivity index (χ1v) is 8.56. The first-order chi connectivity index (χ1) is 10.7. The number of urea groups is 1. The topological polar surface area (TPSA) is 108 Å². The molecule has 0 aliphatic rings. The summed E-state index contributed by atoms with van der Waals surface area (Å²) in [5.74, 6) is -0.389. The van der Waals surface area contributed by atoms with E-state index in [1.807, 2.05) is 0 Å². The van der Waals surface area contributed by atoms with Gasteiger partial charge in [0, 0.05) is 38.9 Å². The van der Waals surface area contributed by atoms with Crippen molar-refractivity contribution >= 4 is 27.6 Å². The number of carbonyl (C=O) groups is 2. The summed E-state index contributed by atoms with van der Waals surface area (Å²) in [5, 5.41) is 7.62. The van der Waals surface area contributed by atoms with Crippen LogP contribution in [0.1, 0.15) is 15.9 Å². The highest BCUT2D eigenvalue weighted by Crippen LogP contribution is 2.16. The van der Waals surface area contributed by atoms with E-state index in [0.717, 1.165) is 9.87 Å². The molecule has 0 bridgehead atoms. The molecule has 0 spiro atoms. The average molecular weight is 342 g/mol. The normalized spacial score (nSPS) is 11.2. The molecular weight excluding hydrogens is 320 g/mol. The van der Waals surface area contributed by atoms with Crippen molar-refractivity contribution in [2.45, 2.75) is 6.92 Å². The van der Waals surface area contributed by atoms with E-state index in [0.29, 0.717) is 11.3 Å². The molecule has 0 unspecified atom stereocenters. The molecule has 0 radical (unpaired) electrons. The average Bonchev–Trinajstić information content (AvgIpc) is 2.48. The van der Waals surface area contributed by atoms with E-state index in [1.54, 1.807) is 32.2 Å². The molecule has 0 fully saturated rings. The number of hydrogen-bond donors (Lipinski definition) is 3. The van der Waals surface area contributed by atoms with Crippen molar-refractivity contribution in [2.24, 2.45) is 0 Å². The number of anilines is 1. The molecule has 3 amide bonds. The van der Waals surface area contributed by atoms with E-state index in [-0.39, 0.29) is 18.2 Å². The zero-order valence-corrected chi connectivity index (χ0v) is 14.5. The molecule has 1 aromatic rings. The van der Waals surface area contributed by atoms with Crippen molar-refractivity contribution in [1.82, 2.24) is 14.9 Å². The molecular formula is C14H22N4O4S. The zero-order valence-electron chi connectivity index (χ0n) is 13.6. The van der Waals surface area contributed by atoms with E-state index in [9.17, 15) is 18.0 Å². The minimum Gasteiger partial charge on any atom is -0.355 e. The fourth-order valence-corrected chi connectivity index (χ4v) is 2.46. The van der Waals surface area contributed by atoms with Crippen molar-refractivity contribution in [3.05, 3.63) is 29.3 Å². The molecule has 9 heteroatoms. The number of nitrogens with one attached hydrogen (secondary N) is 3. The van der Waals surface area contributed by atoms with Crippen LogP contribution in [-0.4, -0.2) is 58.1 Å². The van der Waals surface area contributed by atoms with Crippen molar-refractivity contribution in [2.75, 3.05) is 38.8 Å². The van der Waals surface area contributed by atoms with Gasteiger partial charge in [-0.3, -0.25) is 4.79 Å². The van der Waals surface area contributed by atoms with Gasteiger partial charge in [0.05, 0.1) is 5.75 Å². The highest BCUT2D eigenvalue weighted by Gasteiger charge is 2.14. The van der Waals surface area contributed by atoms with Crippen LogP contribution in [0, 0.1) is 6.92 Å². The molecule has 8 nitrogen and oxygen atoms in total. The summed E-state index contributed by atoms with van der Waals surface area (Å²) in [6.45, 7) is 1.76. The monoisotopic (exact) mass is 342 g/mol. The van der Waals surface area contributed by atoms with Gasteiger partial charge in [-0.15, -0.1) is 0 Å². The van der Waals surface area contributed by atoms with Crippen LogP contribution in [-0.2, 0) is 10.0 Å². The molecule has 0 aliphatic carbocycles. The van der Waals surface area contributed by atoms with Gasteiger partial charge in [0.1, 0.15) is 0 Å². The fraction of sp³-hybridized carbons (Fsp3) is 0.429. The van der Waals surface area contributed by atoms with Crippen LogP contribution in [0.15, 0.2) is 18.2 Å². The summed E-state index contributed by atoms with van der Waals surface area (Å²) in [6, 6.07) is 4.37. The summed E-state index contributed by atoms with van der Waals surface area (Å²) < 4.78 is 24.2. The molecule has 128 valence electrons. The second-order valence-electron chi connectivity index (χ2n) is 5.09. The van der Waals surface area contributed by atoms with Gasteiger partial charge in [0.15, 0.2) is 0 Å². The number of rotatable bonds is 6. The Bertz CT molecular complexity index is 686. The number of sulfonamides is 1. The smallest absolute Gasteiger partial charge is 0.319 e.